The van der Waals surface area contributed by atoms with E-state index >= 15 is 0 Å². The van der Waals surface area contributed by atoms with E-state index in [-0.39, 0.29) is 18.2 Å². The molecule has 0 unspecified atom stereocenters. The van der Waals surface area contributed by atoms with Crippen LogP contribution in [-0.2, 0) is 11.3 Å². The van der Waals surface area contributed by atoms with E-state index in [0.29, 0.717) is 5.69 Å². The van der Waals surface area contributed by atoms with Gasteiger partial charge in [0.1, 0.15) is 18.1 Å². The number of para-hydroxylation sites is 2. The van der Waals surface area contributed by atoms with Gasteiger partial charge in [0.15, 0.2) is 0 Å². The van der Waals surface area contributed by atoms with E-state index in [1.165, 1.54) is 6.07 Å². The molecule has 0 saturated carbocycles. The number of carbonyl (C=O) groups excluding carboxylic acids is 1. The summed E-state index contributed by atoms with van der Waals surface area (Å²) in [6, 6.07) is 14.2. The number of hydrogen-bond acceptors (Lipinski definition) is 3. The molecule has 0 saturated heterocycles. The van der Waals surface area contributed by atoms with Crippen LogP contribution in [0.25, 0.3) is 11.0 Å². The second-order valence-electron chi connectivity index (χ2n) is 4.83. The number of aryl methyl sites for hydroxylation is 1. The molecule has 5 heteroatoms. The third kappa shape index (κ3) is 2.72. The van der Waals surface area contributed by atoms with E-state index in [4.69, 9.17) is 0 Å². The Bertz CT molecular complexity index is 808. The molecular formula is C16H15N3O2. The molecule has 0 atom stereocenters. The van der Waals surface area contributed by atoms with Gasteiger partial charge in [-0.25, -0.2) is 4.98 Å². The van der Waals surface area contributed by atoms with Crippen molar-refractivity contribution in [1.29, 1.82) is 0 Å². The number of anilines is 1. The second-order valence-corrected chi connectivity index (χ2v) is 4.83. The van der Waals surface area contributed by atoms with Crippen molar-refractivity contribution in [3.05, 3.63) is 54.4 Å². The SMILES string of the molecule is Cc1nc2ccccc2n1CC(=O)Nc1cccc(O)c1. The van der Waals surface area contributed by atoms with Crippen molar-refractivity contribution in [2.75, 3.05) is 5.32 Å². The van der Waals surface area contributed by atoms with Crippen LogP contribution >= 0.6 is 0 Å². The quantitative estimate of drug-likeness (QED) is 0.775. The maximum atomic E-state index is 12.1. The highest BCUT2D eigenvalue weighted by molar-refractivity contribution is 5.91. The molecule has 0 aliphatic heterocycles. The number of benzene rings is 2. The smallest absolute Gasteiger partial charge is 0.244 e. The molecule has 1 aromatic heterocycles. The predicted octanol–water partition coefficient (Wildman–Crippen LogP) is 2.69. The van der Waals surface area contributed by atoms with E-state index in [1.807, 2.05) is 35.8 Å². The molecule has 3 rings (SSSR count). The summed E-state index contributed by atoms with van der Waals surface area (Å²) in [6.45, 7) is 2.06. The first-order valence-corrected chi connectivity index (χ1v) is 6.64. The van der Waals surface area contributed by atoms with Gasteiger partial charge >= 0.3 is 0 Å². The molecule has 5 nitrogen and oxygen atoms in total. The molecule has 0 radical (unpaired) electrons. The molecule has 106 valence electrons. The van der Waals surface area contributed by atoms with Crippen LogP contribution in [0.15, 0.2) is 48.5 Å². The average Bonchev–Trinajstić information content (AvgIpc) is 2.75. The number of hydrogen-bond donors (Lipinski definition) is 2. The highest BCUT2D eigenvalue weighted by Crippen LogP contribution is 2.17. The summed E-state index contributed by atoms with van der Waals surface area (Å²) in [5, 5.41) is 12.2. The Morgan fingerprint density at radius 3 is 2.86 bits per heavy atom. The van der Waals surface area contributed by atoms with Crippen molar-refractivity contribution in [1.82, 2.24) is 9.55 Å². The topological polar surface area (TPSA) is 67.2 Å². The minimum absolute atomic E-state index is 0.122. The van der Waals surface area contributed by atoms with E-state index in [0.717, 1.165) is 16.9 Å². The minimum atomic E-state index is -0.160. The van der Waals surface area contributed by atoms with Crippen molar-refractivity contribution in [3.8, 4) is 5.75 Å². The summed E-state index contributed by atoms with van der Waals surface area (Å²) >= 11 is 0. The molecule has 0 spiro atoms. The first kappa shape index (κ1) is 13.2. The maximum absolute atomic E-state index is 12.1. The number of phenols is 1. The van der Waals surface area contributed by atoms with Gasteiger partial charge in [0.05, 0.1) is 11.0 Å². The number of phenolic OH excluding ortho intramolecular Hbond substituents is 1. The molecule has 3 aromatic rings. The fourth-order valence-electron chi connectivity index (χ4n) is 2.32. The van der Waals surface area contributed by atoms with Crippen LogP contribution in [0.4, 0.5) is 5.69 Å². The van der Waals surface area contributed by atoms with Gasteiger partial charge in [0, 0.05) is 11.8 Å². The monoisotopic (exact) mass is 281 g/mol. The number of nitrogens with zero attached hydrogens (tertiary/aromatic N) is 2. The highest BCUT2D eigenvalue weighted by Gasteiger charge is 2.10. The second kappa shape index (κ2) is 5.28. The van der Waals surface area contributed by atoms with Crippen LogP contribution in [0.5, 0.6) is 5.75 Å². The van der Waals surface area contributed by atoms with Gasteiger partial charge in [-0.15, -0.1) is 0 Å². The number of fused-ring (bicyclic) bond motifs is 1. The van der Waals surface area contributed by atoms with Crippen LogP contribution in [0.3, 0.4) is 0 Å². The average molecular weight is 281 g/mol. The summed E-state index contributed by atoms with van der Waals surface area (Å²) in [6.07, 6.45) is 0. The van der Waals surface area contributed by atoms with Crippen molar-refractivity contribution < 1.29 is 9.90 Å². The minimum Gasteiger partial charge on any atom is -0.508 e. The molecular weight excluding hydrogens is 266 g/mol. The molecule has 0 bridgehead atoms. The van der Waals surface area contributed by atoms with Crippen LogP contribution in [0.1, 0.15) is 5.82 Å². The molecule has 2 N–H and O–H groups in total. The number of carbonyl (C=O) groups is 1. The summed E-state index contributed by atoms with van der Waals surface area (Å²) in [7, 11) is 0. The van der Waals surface area contributed by atoms with E-state index in [1.54, 1.807) is 18.2 Å². The number of aromatic hydroxyl groups is 1. The van der Waals surface area contributed by atoms with Crippen LogP contribution in [-0.4, -0.2) is 20.6 Å². The lowest BCUT2D eigenvalue weighted by molar-refractivity contribution is -0.116. The van der Waals surface area contributed by atoms with Crippen LogP contribution in [0, 0.1) is 6.92 Å². The Labute approximate surface area is 121 Å². The number of amides is 1. The summed E-state index contributed by atoms with van der Waals surface area (Å²) in [5.74, 6) is 0.756. The summed E-state index contributed by atoms with van der Waals surface area (Å²) in [5.41, 5.74) is 2.38. The summed E-state index contributed by atoms with van der Waals surface area (Å²) < 4.78 is 1.87. The Hall–Kier alpha value is -2.82. The van der Waals surface area contributed by atoms with Gasteiger partial charge in [-0.2, -0.15) is 0 Å². The maximum Gasteiger partial charge on any atom is 0.244 e. The van der Waals surface area contributed by atoms with Crippen LogP contribution in [0.2, 0.25) is 0 Å². The van der Waals surface area contributed by atoms with Crippen LogP contribution < -0.4 is 5.32 Å². The summed E-state index contributed by atoms with van der Waals surface area (Å²) in [4.78, 5) is 16.6. The fraction of sp³-hybridized carbons (Fsp3) is 0.125. The number of nitrogens with one attached hydrogen (secondary N) is 1. The Kier molecular flexibility index (Phi) is 3.31. The molecule has 0 fully saturated rings. The molecule has 2 aromatic carbocycles. The Balaban J connectivity index is 1.82. The zero-order valence-corrected chi connectivity index (χ0v) is 11.6. The zero-order valence-electron chi connectivity index (χ0n) is 11.6. The van der Waals surface area contributed by atoms with Gasteiger partial charge in [0.25, 0.3) is 0 Å². The van der Waals surface area contributed by atoms with Gasteiger partial charge in [-0.1, -0.05) is 18.2 Å². The Morgan fingerprint density at radius 1 is 1.24 bits per heavy atom. The first-order valence-electron chi connectivity index (χ1n) is 6.64. The molecule has 0 aliphatic rings. The molecule has 1 amide bonds. The third-order valence-electron chi connectivity index (χ3n) is 3.28. The van der Waals surface area contributed by atoms with Gasteiger partial charge in [-0.05, 0) is 31.2 Å². The lowest BCUT2D eigenvalue weighted by Crippen LogP contribution is -2.19. The van der Waals surface area contributed by atoms with Gasteiger partial charge < -0.3 is 15.0 Å². The van der Waals surface area contributed by atoms with Crippen molar-refractivity contribution >= 4 is 22.6 Å². The van der Waals surface area contributed by atoms with Crippen molar-refractivity contribution in [3.63, 3.8) is 0 Å². The lowest BCUT2D eigenvalue weighted by atomic mass is 10.3. The highest BCUT2D eigenvalue weighted by atomic mass is 16.3. The number of aromatic nitrogens is 2. The molecule has 21 heavy (non-hydrogen) atoms. The fourth-order valence-corrected chi connectivity index (χ4v) is 2.32. The van der Waals surface area contributed by atoms with E-state index in [2.05, 4.69) is 10.3 Å². The standard InChI is InChI=1S/C16H15N3O2/c1-11-17-14-7-2-3-8-15(14)19(11)10-16(21)18-12-5-4-6-13(20)9-12/h2-9,20H,10H2,1H3,(H,18,21). The normalized spacial score (nSPS) is 10.7. The van der Waals surface area contributed by atoms with E-state index < -0.39 is 0 Å². The molecule has 1 heterocycles. The number of rotatable bonds is 3. The molecule has 0 aliphatic carbocycles. The van der Waals surface area contributed by atoms with Crippen molar-refractivity contribution in [2.45, 2.75) is 13.5 Å². The predicted molar refractivity (Wildman–Crippen MR) is 81.2 cm³/mol. The first-order chi connectivity index (χ1) is 10.1. The zero-order chi connectivity index (χ0) is 14.8. The van der Waals surface area contributed by atoms with E-state index in [9.17, 15) is 9.90 Å². The number of imidazole rings is 1. The van der Waals surface area contributed by atoms with Gasteiger partial charge in [-0.3, -0.25) is 4.79 Å². The van der Waals surface area contributed by atoms with Crippen molar-refractivity contribution in [2.24, 2.45) is 0 Å². The lowest BCUT2D eigenvalue weighted by Gasteiger charge is -2.08. The van der Waals surface area contributed by atoms with Gasteiger partial charge in [0.2, 0.25) is 5.91 Å². The largest absolute Gasteiger partial charge is 0.508 e. The third-order valence-corrected chi connectivity index (χ3v) is 3.28. The Morgan fingerprint density at radius 2 is 2.05 bits per heavy atom.